The molecule has 0 radical (unpaired) electrons. The van der Waals surface area contributed by atoms with Crippen molar-refractivity contribution in [3.8, 4) is 0 Å². The molecule has 0 unspecified atom stereocenters. The largest absolute Gasteiger partial charge is 0.332 e. The van der Waals surface area contributed by atoms with Crippen molar-refractivity contribution in [1.82, 2.24) is 14.9 Å². The molecule has 3 aromatic rings. The number of carbonyl (C=O) groups excluding carboxylic acids is 1. The molecule has 0 N–H and O–H groups in total. The topological polar surface area (TPSA) is 46.1 Å². The molecule has 1 amide bonds. The third-order valence-electron chi connectivity index (χ3n) is 4.13. The Balaban J connectivity index is 1.93. The molecule has 0 fully saturated rings. The zero-order chi connectivity index (χ0) is 17.4. The molecular weight excluding hydrogens is 325 g/mol. The lowest BCUT2D eigenvalue weighted by Crippen LogP contribution is -2.30. The van der Waals surface area contributed by atoms with E-state index in [4.69, 9.17) is 0 Å². The number of amides is 1. The molecule has 3 rings (SSSR count). The second kappa shape index (κ2) is 6.28. The van der Waals surface area contributed by atoms with Crippen LogP contribution in [-0.4, -0.2) is 27.8 Å². The highest BCUT2D eigenvalue weighted by Crippen LogP contribution is 2.27. The molecule has 0 aliphatic carbocycles. The van der Waals surface area contributed by atoms with Gasteiger partial charge in [0.1, 0.15) is 17.0 Å². The van der Waals surface area contributed by atoms with Gasteiger partial charge in [-0.2, -0.15) is 0 Å². The van der Waals surface area contributed by atoms with Gasteiger partial charge in [-0.05, 0) is 32.9 Å². The standard InChI is InChI=1S/C18H18FN3OS/c1-10(16-11(2)24-12(3)20-16)22(4)18(23)15-9-8-13-6-5-7-14(19)17(13)21-15/h5-10H,1-4H3/t10-/m0/s1. The highest BCUT2D eigenvalue weighted by Gasteiger charge is 2.23. The van der Waals surface area contributed by atoms with Crippen molar-refractivity contribution in [2.45, 2.75) is 26.8 Å². The summed E-state index contributed by atoms with van der Waals surface area (Å²) in [4.78, 5) is 24.2. The predicted octanol–water partition coefficient (Wildman–Crippen LogP) is 4.28. The fourth-order valence-corrected chi connectivity index (χ4v) is 3.61. The van der Waals surface area contributed by atoms with E-state index in [1.807, 2.05) is 20.8 Å². The van der Waals surface area contributed by atoms with Crippen molar-refractivity contribution < 1.29 is 9.18 Å². The van der Waals surface area contributed by atoms with Crippen LogP contribution in [0.1, 0.15) is 39.0 Å². The first-order valence-electron chi connectivity index (χ1n) is 7.65. The number of nitrogens with zero attached hydrogens (tertiary/aromatic N) is 3. The average Bonchev–Trinajstić information content (AvgIpc) is 2.91. The number of halogens is 1. The predicted molar refractivity (Wildman–Crippen MR) is 93.8 cm³/mol. The van der Waals surface area contributed by atoms with E-state index in [0.717, 1.165) is 15.6 Å². The molecule has 0 bridgehead atoms. The van der Waals surface area contributed by atoms with Crippen molar-refractivity contribution >= 4 is 28.1 Å². The van der Waals surface area contributed by atoms with Gasteiger partial charge in [-0.25, -0.2) is 14.4 Å². The van der Waals surface area contributed by atoms with Gasteiger partial charge in [-0.1, -0.05) is 18.2 Å². The Morgan fingerprint density at radius 3 is 2.62 bits per heavy atom. The molecule has 4 nitrogen and oxygen atoms in total. The third-order valence-corrected chi connectivity index (χ3v) is 5.03. The van der Waals surface area contributed by atoms with E-state index < -0.39 is 5.82 Å². The second-order valence-electron chi connectivity index (χ2n) is 5.77. The number of fused-ring (bicyclic) bond motifs is 1. The maximum atomic E-state index is 13.9. The second-order valence-corrected chi connectivity index (χ2v) is 7.18. The van der Waals surface area contributed by atoms with E-state index in [1.54, 1.807) is 47.5 Å². The summed E-state index contributed by atoms with van der Waals surface area (Å²) in [7, 11) is 1.72. The van der Waals surface area contributed by atoms with Crippen LogP contribution in [0.5, 0.6) is 0 Å². The van der Waals surface area contributed by atoms with Crippen molar-refractivity contribution in [3.05, 3.63) is 57.4 Å². The van der Waals surface area contributed by atoms with Crippen LogP contribution in [0.25, 0.3) is 10.9 Å². The summed E-state index contributed by atoms with van der Waals surface area (Å²) in [6, 6.07) is 7.91. The van der Waals surface area contributed by atoms with E-state index in [2.05, 4.69) is 9.97 Å². The van der Waals surface area contributed by atoms with E-state index in [-0.39, 0.29) is 23.2 Å². The summed E-state index contributed by atoms with van der Waals surface area (Å²) in [6.45, 7) is 5.88. The fourth-order valence-electron chi connectivity index (χ4n) is 2.70. The fraction of sp³-hybridized carbons (Fsp3) is 0.278. The molecule has 2 aromatic heterocycles. The van der Waals surface area contributed by atoms with Gasteiger partial charge < -0.3 is 4.90 Å². The highest BCUT2D eigenvalue weighted by molar-refractivity contribution is 7.11. The zero-order valence-corrected chi connectivity index (χ0v) is 14.8. The van der Waals surface area contributed by atoms with Crippen LogP contribution in [-0.2, 0) is 0 Å². The van der Waals surface area contributed by atoms with Crippen molar-refractivity contribution in [2.75, 3.05) is 7.05 Å². The summed E-state index contributed by atoms with van der Waals surface area (Å²) >= 11 is 1.61. The van der Waals surface area contributed by atoms with Crippen LogP contribution in [0.15, 0.2) is 30.3 Å². The van der Waals surface area contributed by atoms with Crippen LogP contribution in [0.3, 0.4) is 0 Å². The number of thiazole rings is 1. The van der Waals surface area contributed by atoms with Crippen LogP contribution in [0.2, 0.25) is 0 Å². The first-order valence-corrected chi connectivity index (χ1v) is 8.46. The molecule has 24 heavy (non-hydrogen) atoms. The molecule has 124 valence electrons. The Morgan fingerprint density at radius 2 is 1.96 bits per heavy atom. The Labute approximate surface area is 144 Å². The van der Waals surface area contributed by atoms with Gasteiger partial charge in [0, 0.05) is 17.3 Å². The monoisotopic (exact) mass is 343 g/mol. The minimum Gasteiger partial charge on any atom is -0.332 e. The Kier molecular flexibility index (Phi) is 4.32. The van der Waals surface area contributed by atoms with E-state index in [9.17, 15) is 9.18 Å². The first-order chi connectivity index (χ1) is 11.4. The minimum absolute atomic E-state index is 0.180. The smallest absolute Gasteiger partial charge is 0.272 e. The summed E-state index contributed by atoms with van der Waals surface area (Å²) in [5.41, 5.74) is 1.33. The summed E-state index contributed by atoms with van der Waals surface area (Å²) in [5, 5.41) is 1.65. The van der Waals surface area contributed by atoms with Crippen molar-refractivity contribution in [1.29, 1.82) is 0 Å². The number of hydrogen-bond donors (Lipinski definition) is 0. The number of aromatic nitrogens is 2. The summed E-state index contributed by atoms with van der Waals surface area (Å²) < 4.78 is 13.9. The number of carbonyl (C=O) groups is 1. The molecule has 2 heterocycles. The number of hydrogen-bond acceptors (Lipinski definition) is 4. The van der Waals surface area contributed by atoms with Crippen molar-refractivity contribution in [3.63, 3.8) is 0 Å². The van der Waals surface area contributed by atoms with Crippen LogP contribution in [0.4, 0.5) is 4.39 Å². The lowest BCUT2D eigenvalue weighted by atomic mass is 10.1. The van der Waals surface area contributed by atoms with E-state index in [0.29, 0.717) is 5.39 Å². The lowest BCUT2D eigenvalue weighted by Gasteiger charge is -2.24. The van der Waals surface area contributed by atoms with Gasteiger partial charge in [-0.3, -0.25) is 4.79 Å². The molecule has 0 saturated carbocycles. The van der Waals surface area contributed by atoms with Gasteiger partial charge in [0.05, 0.1) is 16.7 Å². The Hall–Kier alpha value is -2.34. The molecular formula is C18H18FN3OS. The van der Waals surface area contributed by atoms with Gasteiger partial charge in [0.25, 0.3) is 5.91 Å². The van der Waals surface area contributed by atoms with Crippen molar-refractivity contribution in [2.24, 2.45) is 0 Å². The van der Waals surface area contributed by atoms with Gasteiger partial charge in [0.2, 0.25) is 0 Å². The van der Waals surface area contributed by atoms with Crippen LogP contribution >= 0.6 is 11.3 Å². The van der Waals surface area contributed by atoms with Gasteiger partial charge >= 0.3 is 0 Å². The lowest BCUT2D eigenvalue weighted by molar-refractivity contribution is 0.0734. The SMILES string of the molecule is Cc1nc([C@H](C)N(C)C(=O)c2ccc3cccc(F)c3n2)c(C)s1. The number of aryl methyl sites for hydroxylation is 2. The van der Waals surface area contributed by atoms with Crippen LogP contribution in [0, 0.1) is 19.7 Å². The first kappa shape index (κ1) is 16.5. The number of benzene rings is 1. The average molecular weight is 343 g/mol. The Bertz CT molecular complexity index is 922. The number of para-hydroxylation sites is 1. The summed E-state index contributed by atoms with van der Waals surface area (Å²) in [6.07, 6.45) is 0. The molecule has 6 heteroatoms. The number of pyridine rings is 1. The third kappa shape index (κ3) is 2.89. The number of rotatable bonds is 3. The maximum absolute atomic E-state index is 13.9. The molecule has 0 aliphatic rings. The molecule has 1 aromatic carbocycles. The van der Waals surface area contributed by atoms with Gasteiger partial charge in [0.15, 0.2) is 0 Å². The zero-order valence-electron chi connectivity index (χ0n) is 14.0. The molecule has 1 atom stereocenters. The maximum Gasteiger partial charge on any atom is 0.272 e. The molecule has 0 aliphatic heterocycles. The van der Waals surface area contributed by atoms with Crippen LogP contribution < -0.4 is 0 Å². The highest BCUT2D eigenvalue weighted by atomic mass is 32.1. The Morgan fingerprint density at radius 1 is 1.21 bits per heavy atom. The normalized spacial score (nSPS) is 12.4. The molecule has 0 saturated heterocycles. The molecule has 0 spiro atoms. The van der Waals surface area contributed by atoms with Gasteiger partial charge in [-0.15, -0.1) is 11.3 Å². The minimum atomic E-state index is -0.427. The quantitative estimate of drug-likeness (QED) is 0.713. The van der Waals surface area contributed by atoms with E-state index >= 15 is 0 Å². The summed E-state index contributed by atoms with van der Waals surface area (Å²) in [5.74, 6) is -0.679. The van der Waals surface area contributed by atoms with E-state index in [1.165, 1.54) is 6.07 Å².